The van der Waals surface area contributed by atoms with Crippen molar-refractivity contribution in [1.29, 1.82) is 5.26 Å². The van der Waals surface area contributed by atoms with Crippen LogP contribution in [0, 0.1) is 17.2 Å². The molecule has 5 nitrogen and oxygen atoms in total. The summed E-state index contributed by atoms with van der Waals surface area (Å²) in [5.74, 6) is -1.48. The molecule has 106 valence electrons. The van der Waals surface area contributed by atoms with Gasteiger partial charge in [0.15, 0.2) is 0 Å². The van der Waals surface area contributed by atoms with Gasteiger partial charge in [0.05, 0.1) is 30.5 Å². The average molecular weight is 295 g/mol. The number of nitrogens with zero attached hydrogens (tertiary/aromatic N) is 2. The molecule has 0 aromatic heterocycles. The zero-order valence-corrected chi connectivity index (χ0v) is 11.8. The SMILES string of the molecule is CCN(c1cc(Cl)ccc1C#N)C1COCC1C(=O)O. The Kier molecular flexibility index (Phi) is 4.48. The molecule has 2 rings (SSSR count). The van der Waals surface area contributed by atoms with Crippen LogP contribution in [0.25, 0.3) is 0 Å². The number of anilines is 1. The van der Waals surface area contributed by atoms with Crippen LogP contribution < -0.4 is 4.90 Å². The molecule has 20 heavy (non-hydrogen) atoms. The van der Waals surface area contributed by atoms with Gasteiger partial charge in [0.2, 0.25) is 0 Å². The molecule has 1 aromatic rings. The Morgan fingerprint density at radius 1 is 1.60 bits per heavy atom. The molecular formula is C14H15ClN2O3. The van der Waals surface area contributed by atoms with Crippen LogP contribution in [0.3, 0.4) is 0 Å². The van der Waals surface area contributed by atoms with Crippen LogP contribution >= 0.6 is 11.6 Å². The molecule has 6 heteroatoms. The minimum Gasteiger partial charge on any atom is -0.481 e. The summed E-state index contributed by atoms with van der Waals surface area (Å²) >= 11 is 6.00. The van der Waals surface area contributed by atoms with Gasteiger partial charge in [-0.1, -0.05) is 11.6 Å². The number of carboxylic acid groups (broad SMARTS) is 1. The molecule has 1 fully saturated rings. The van der Waals surface area contributed by atoms with E-state index in [4.69, 9.17) is 16.3 Å². The number of halogens is 1. The number of likely N-dealkylation sites (N-methyl/N-ethyl adjacent to an activating group) is 1. The largest absolute Gasteiger partial charge is 0.481 e. The van der Waals surface area contributed by atoms with Crippen molar-refractivity contribution in [2.75, 3.05) is 24.7 Å². The first-order valence-corrected chi connectivity index (χ1v) is 6.73. The van der Waals surface area contributed by atoms with Gasteiger partial charge in [-0.05, 0) is 25.1 Å². The molecule has 1 aromatic carbocycles. The molecule has 2 unspecified atom stereocenters. The summed E-state index contributed by atoms with van der Waals surface area (Å²) in [6.07, 6.45) is 0. The third-order valence-corrected chi connectivity index (χ3v) is 3.73. The van der Waals surface area contributed by atoms with E-state index < -0.39 is 11.9 Å². The van der Waals surface area contributed by atoms with Gasteiger partial charge in [-0.15, -0.1) is 0 Å². The lowest BCUT2D eigenvalue weighted by atomic mass is 10.0. The maximum atomic E-state index is 11.3. The highest BCUT2D eigenvalue weighted by atomic mass is 35.5. The Balaban J connectivity index is 2.40. The maximum absolute atomic E-state index is 11.3. The zero-order valence-electron chi connectivity index (χ0n) is 11.0. The van der Waals surface area contributed by atoms with E-state index in [-0.39, 0.29) is 12.6 Å². The van der Waals surface area contributed by atoms with Crippen LogP contribution in [0.5, 0.6) is 0 Å². The molecule has 1 aliphatic rings. The second-order valence-electron chi connectivity index (χ2n) is 4.61. The number of hydrogen-bond donors (Lipinski definition) is 1. The fraction of sp³-hybridized carbons (Fsp3) is 0.429. The molecular weight excluding hydrogens is 280 g/mol. The summed E-state index contributed by atoms with van der Waals surface area (Å²) in [5.41, 5.74) is 1.14. The first-order chi connectivity index (χ1) is 9.58. The third-order valence-electron chi connectivity index (χ3n) is 3.50. The molecule has 0 bridgehead atoms. The van der Waals surface area contributed by atoms with Crippen molar-refractivity contribution in [2.24, 2.45) is 5.92 Å². The Morgan fingerprint density at radius 2 is 2.35 bits per heavy atom. The highest BCUT2D eigenvalue weighted by Crippen LogP contribution is 2.30. The minimum atomic E-state index is -0.883. The monoisotopic (exact) mass is 294 g/mol. The molecule has 0 aliphatic carbocycles. The number of ether oxygens (including phenoxy) is 1. The Morgan fingerprint density at radius 3 is 2.95 bits per heavy atom. The van der Waals surface area contributed by atoms with E-state index in [0.29, 0.717) is 29.4 Å². The lowest BCUT2D eigenvalue weighted by molar-refractivity contribution is -0.141. The topological polar surface area (TPSA) is 73.6 Å². The van der Waals surface area contributed by atoms with E-state index >= 15 is 0 Å². The number of carboxylic acids is 1. The van der Waals surface area contributed by atoms with Crippen molar-refractivity contribution < 1.29 is 14.6 Å². The number of rotatable bonds is 4. The van der Waals surface area contributed by atoms with Crippen LogP contribution in [0.1, 0.15) is 12.5 Å². The smallest absolute Gasteiger partial charge is 0.311 e. The first-order valence-electron chi connectivity index (χ1n) is 6.35. The predicted octanol–water partition coefficient (Wildman–Crippen LogP) is 2.14. The minimum absolute atomic E-state index is 0.193. The molecule has 1 saturated heterocycles. The summed E-state index contributed by atoms with van der Waals surface area (Å²) in [5, 5.41) is 19.0. The van der Waals surface area contributed by atoms with Gasteiger partial charge in [-0.25, -0.2) is 0 Å². The molecule has 1 heterocycles. The van der Waals surface area contributed by atoms with E-state index in [2.05, 4.69) is 6.07 Å². The van der Waals surface area contributed by atoms with Gasteiger partial charge in [0.1, 0.15) is 12.0 Å². The van der Waals surface area contributed by atoms with Crippen molar-refractivity contribution >= 4 is 23.3 Å². The van der Waals surface area contributed by atoms with Gasteiger partial charge in [-0.2, -0.15) is 5.26 Å². The summed E-state index contributed by atoms with van der Waals surface area (Å²) in [6, 6.07) is 6.82. The van der Waals surface area contributed by atoms with E-state index in [1.165, 1.54) is 0 Å². The van der Waals surface area contributed by atoms with E-state index in [1.807, 2.05) is 11.8 Å². The first kappa shape index (κ1) is 14.6. The second-order valence-corrected chi connectivity index (χ2v) is 5.05. The number of benzene rings is 1. The predicted molar refractivity (Wildman–Crippen MR) is 74.9 cm³/mol. The van der Waals surface area contributed by atoms with Gasteiger partial charge in [0.25, 0.3) is 0 Å². The number of aliphatic carboxylic acids is 1. The van der Waals surface area contributed by atoms with Gasteiger partial charge in [-0.3, -0.25) is 4.79 Å². The van der Waals surface area contributed by atoms with Crippen molar-refractivity contribution in [1.82, 2.24) is 0 Å². The van der Waals surface area contributed by atoms with Crippen LogP contribution in [-0.4, -0.2) is 36.9 Å². The molecule has 0 amide bonds. The van der Waals surface area contributed by atoms with Crippen molar-refractivity contribution in [3.05, 3.63) is 28.8 Å². The zero-order chi connectivity index (χ0) is 14.7. The van der Waals surface area contributed by atoms with E-state index in [0.717, 1.165) is 0 Å². The molecule has 1 N–H and O–H groups in total. The summed E-state index contributed by atoms with van der Waals surface area (Å²) in [4.78, 5) is 13.2. The van der Waals surface area contributed by atoms with Crippen molar-refractivity contribution in [2.45, 2.75) is 13.0 Å². The standard InChI is InChI=1S/C14H15ClN2O3/c1-2-17(13-8-20-7-11(13)14(18)19)12-5-10(15)4-3-9(12)6-16/h3-5,11,13H,2,7-8H2,1H3,(H,18,19). The van der Waals surface area contributed by atoms with Crippen LogP contribution in [0.2, 0.25) is 5.02 Å². The Bertz CT molecular complexity index is 556. The van der Waals surface area contributed by atoms with Crippen molar-refractivity contribution in [3.63, 3.8) is 0 Å². The fourth-order valence-electron chi connectivity index (χ4n) is 2.51. The molecule has 0 saturated carbocycles. The molecule has 0 spiro atoms. The lowest BCUT2D eigenvalue weighted by Gasteiger charge is -2.32. The summed E-state index contributed by atoms with van der Waals surface area (Å²) in [6.45, 7) is 3.02. The van der Waals surface area contributed by atoms with Crippen LogP contribution in [0.4, 0.5) is 5.69 Å². The van der Waals surface area contributed by atoms with Crippen molar-refractivity contribution in [3.8, 4) is 6.07 Å². The molecule has 1 aliphatic heterocycles. The van der Waals surface area contributed by atoms with Gasteiger partial charge in [0, 0.05) is 11.6 Å². The lowest BCUT2D eigenvalue weighted by Crippen LogP contribution is -2.43. The normalized spacial score (nSPS) is 21.4. The Labute approximate surface area is 122 Å². The number of carbonyl (C=O) groups is 1. The summed E-state index contributed by atoms with van der Waals surface area (Å²) in [7, 11) is 0. The Hall–Kier alpha value is -1.77. The summed E-state index contributed by atoms with van der Waals surface area (Å²) < 4.78 is 5.30. The van der Waals surface area contributed by atoms with Gasteiger partial charge < -0.3 is 14.7 Å². The van der Waals surface area contributed by atoms with E-state index in [9.17, 15) is 15.2 Å². The van der Waals surface area contributed by atoms with Gasteiger partial charge >= 0.3 is 5.97 Å². The maximum Gasteiger partial charge on any atom is 0.311 e. The quantitative estimate of drug-likeness (QED) is 0.921. The second kappa shape index (κ2) is 6.12. The van der Waals surface area contributed by atoms with Crippen LogP contribution in [-0.2, 0) is 9.53 Å². The fourth-order valence-corrected chi connectivity index (χ4v) is 2.67. The number of nitriles is 1. The number of hydrogen-bond acceptors (Lipinski definition) is 4. The van der Waals surface area contributed by atoms with E-state index in [1.54, 1.807) is 18.2 Å². The van der Waals surface area contributed by atoms with Crippen LogP contribution in [0.15, 0.2) is 18.2 Å². The third kappa shape index (κ3) is 2.72. The molecule has 2 atom stereocenters. The molecule has 0 radical (unpaired) electrons. The highest BCUT2D eigenvalue weighted by molar-refractivity contribution is 6.30. The highest BCUT2D eigenvalue weighted by Gasteiger charge is 2.38. The average Bonchev–Trinajstić information content (AvgIpc) is 2.89.